The lowest BCUT2D eigenvalue weighted by molar-refractivity contribution is 0.0678. The Balaban J connectivity index is 0.00000132. The number of rotatable bonds is 3. The Morgan fingerprint density at radius 2 is 1.83 bits per heavy atom. The molecule has 3 rings (SSSR count). The molecule has 0 saturated carbocycles. The van der Waals surface area contributed by atoms with Gasteiger partial charge in [0, 0.05) is 38.3 Å². The lowest BCUT2D eigenvalue weighted by Gasteiger charge is -2.33. The zero-order valence-corrected chi connectivity index (χ0v) is 15.5. The third kappa shape index (κ3) is 4.83. The van der Waals surface area contributed by atoms with Crippen LogP contribution in [-0.4, -0.2) is 49.4 Å². The summed E-state index contributed by atoms with van der Waals surface area (Å²) in [5.74, 6) is 0.932. The summed E-state index contributed by atoms with van der Waals surface area (Å²) in [7, 11) is 4.24. The molecule has 23 heavy (non-hydrogen) atoms. The topological polar surface area (TPSA) is 35.6 Å². The highest BCUT2D eigenvalue weighted by atomic mass is 35.5. The predicted molar refractivity (Wildman–Crippen MR) is 98.7 cm³/mol. The molecule has 2 aliphatic rings. The second-order valence-corrected chi connectivity index (χ2v) is 6.58. The van der Waals surface area contributed by atoms with Gasteiger partial charge in [0.05, 0.1) is 0 Å². The summed E-state index contributed by atoms with van der Waals surface area (Å²) in [6.45, 7) is 4.74. The first-order valence-electron chi connectivity index (χ1n) is 7.90. The number of likely N-dealkylation sites (tertiary alicyclic amines) is 1. The van der Waals surface area contributed by atoms with Gasteiger partial charge in [-0.05, 0) is 56.1 Å². The summed E-state index contributed by atoms with van der Waals surface area (Å²) in [6, 6.07) is 6.16. The Morgan fingerprint density at radius 1 is 1.17 bits per heavy atom. The number of amides is 1. The van der Waals surface area contributed by atoms with Gasteiger partial charge in [-0.3, -0.25) is 4.79 Å². The van der Waals surface area contributed by atoms with E-state index < -0.39 is 0 Å². The fourth-order valence-corrected chi connectivity index (χ4v) is 3.45. The number of piperidine rings is 1. The Labute approximate surface area is 151 Å². The molecule has 2 heterocycles. The molecule has 1 fully saturated rings. The highest BCUT2D eigenvalue weighted by Crippen LogP contribution is 2.22. The van der Waals surface area contributed by atoms with Gasteiger partial charge in [-0.15, -0.1) is 24.8 Å². The average molecular weight is 360 g/mol. The van der Waals surface area contributed by atoms with Gasteiger partial charge in [0.15, 0.2) is 0 Å². The van der Waals surface area contributed by atoms with E-state index >= 15 is 0 Å². The molecular formula is C17H27Cl2N3O. The largest absolute Gasteiger partial charge is 0.339 e. The van der Waals surface area contributed by atoms with E-state index in [-0.39, 0.29) is 30.7 Å². The van der Waals surface area contributed by atoms with Gasteiger partial charge in [0.2, 0.25) is 0 Å². The van der Waals surface area contributed by atoms with Crippen LogP contribution < -0.4 is 5.32 Å². The average Bonchev–Trinajstić information content (AvgIpc) is 2.94. The number of nitrogens with one attached hydrogen (secondary N) is 1. The minimum Gasteiger partial charge on any atom is -0.339 e. The van der Waals surface area contributed by atoms with Crippen molar-refractivity contribution < 1.29 is 4.79 Å². The molecule has 0 bridgehead atoms. The van der Waals surface area contributed by atoms with E-state index in [1.54, 1.807) is 0 Å². The molecule has 1 amide bonds. The molecule has 1 aromatic rings. The van der Waals surface area contributed by atoms with Crippen molar-refractivity contribution in [3.63, 3.8) is 0 Å². The van der Waals surface area contributed by atoms with Crippen LogP contribution in [0.4, 0.5) is 0 Å². The van der Waals surface area contributed by atoms with Gasteiger partial charge >= 0.3 is 0 Å². The van der Waals surface area contributed by atoms with Crippen LogP contribution in [0.3, 0.4) is 0 Å². The normalized spacial score (nSPS) is 17.4. The van der Waals surface area contributed by atoms with E-state index in [0.29, 0.717) is 0 Å². The van der Waals surface area contributed by atoms with Gasteiger partial charge in [-0.25, -0.2) is 0 Å². The van der Waals surface area contributed by atoms with Crippen LogP contribution in [0, 0.1) is 5.92 Å². The lowest BCUT2D eigenvalue weighted by Crippen LogP contribution is -2.40. The van der Waals surface area contributed by atoms with Crippen LogP contribution in [0.1, 0.15) is 34.3 Å². The predicted octanol–water partition coefficient (Wildman–Crippen LogP) is 2.55. The van der Waals surface area contributed by atoms with Crippen molar-refractivity contribution in [1.29, 1.82) is 0 Å². The number of halogens is 2. The summed E-state index contributed by atoms with van der Waals surface area (Å²) in [6.07, 6.45) is 2.24. The number of carbonyl (C=O) groups is 1. The van der Waals surface area contributed by atoms with Crippen LogP contribution >= 0.6 is 24.8 Å². The summed E-state index contributed by atoms with van der Waals surface area (Å²) < 4.78 is 0. The van der Waals surface area contributed by atoms with Crippen LogP contribution in [-0.2, 0) is 13.1 Å². The number of hydrogen-bond donors (Lipinski definition) is 1. The SMILES string of the molecule is CN(C)CC1CCN(C(=O)c2ccc3c(c2)CNC3)CC1.Cl.Cl. The van der Waals surface area contributed by atoms with Crippen molar-refractivity contribution in [1.82, 2.24) is 15.1 Å². The second-order valence-electron chi connectivity index (χ2n) is 6.58. The molecule has 1 saturated heterocycles. The second kappa shape index (κ2) is 8.88. The Hall–Kier alpha value is -0.810. The zero-order valence-electron chi connectivity index (χ0n) is 13.9. The van der Waals surface area contributed by atoms with Gasteiger partial charge in [0.25, 0.3) is 5.91 Å². The van der Waals surface area contributed by atoms with Crippen LogP contribution in [0.5, 0.6) is 0 Å². The molecule has 4 nitrogen and oxygen atoms in total. The lowest BCUT2D eigenvalue weighted by atomic mass is 9.95. The molecule has 130 valence electrons. The molecule has 0 radical (unpaired) electrons. The fourth-order valence-electron chi connectivity index (χ4n) is 3.45. The van der Waals surface area contributed by atoms with Crippen molar-refractivity contribution in [3.05, 3.63) is 34.9 Å². The molecule has 2 aliphatic heterocycles. The maximum absolute atomic E-state index is 12.6. The maximum atomic E-state index is 12.6. The Kier molecular flexibility index (Phi) is 7.81. The first-order valence-corrected chi connectivity index (χ1v) is 7.90. The number of fused-ring (bicyclic) bond motifs is 1. The van der Waals surface area contributed by atoms with Crippen molar-refractivity contribution in [2.75, 3.05) is 33.7 Å². The highest BCUT2D eigenvalue weighted by molar-refractivity contribution is 5.94. The molecule has 6 heteroatoms. The molecule has 1 N–H and O–H groups in total. The van der Waals surface area contributed by atoms with Crippen LogP contribution in [0.2, 0.25) is 0 Å². The molecule has 0 aliphatic carbocycles. The van der Waals surface area contributed by atoms with Gasteiger partial charge in [-0.1, -0.05) is 6.07 Å². The Morgan fingerprint density at radius 3 is 2.48 bits per heavy atom. The summed E-state index contributed by atoms with van der Waals surface area (Å²) >= 11 is 0. The van der Waals surface area contributed by atoms with E-state index in [9.17, 15) is 4.79 Å². The fraction of sp³-hybridized carbons (Fsp3) is 0.588. The summed E-state index contributed by atoms with van der Waals surface area (Å²) in [4.78, 5) is 16.9. The van der Waals surface area contributed by atoms with Gasteiger partial charge in [-0.2, -0.15) is 0 Å². The molecule has 0 spiro atoms. The van der Waals surface area contributed by atoms with E-state index in [4.69, 9.17) is 0 Å². The van der Waals surface area contributed by atoms with E-state index in [0.717, 1.165) is 57.0 Å². The molecule has 0 aromatic heterocycles. The molecular weight excluding hydrogens is 333 g/mol. The minimum atomic E-state index is 0. The minimum absolute atomic E-state index is 0. The summed E-state index contributed by atoms with van der Waals surface area (Å²) in [5, 5.41) is 3.33. The van der Waals surface area contributed by atoms with E-state index in [1.807, 2.05) is 11.0 Å². The van der Waals surface area contributed by atoms with Crippen molar-refractivity contribution in [2.45, 2.75) is 25.9 Å². The standard InChI is InChI=1S/C17H25N3O.2ClH/c1-19(2)12-13-5-7-20(8-6-13)17(21)14-3-4-15-10-18-11-16(15)9-14;;/h3-4,9,13,18H,5-8,10-12H2,1-2H3;2*1H. The molecule has 1 aromatic carbocycles. The monoisotopic (exact) mass is 359 g/mol. The number of nitrogens with zero attached hydrogens (tertiary/aromatic N) is 2. The smallest absolute Gasteiger partial charge is 0.253 e. The first-order chi connectivity index (χ1) is 10.1. The van der Waals surface area contributed by atoms with Crippen molar-refractivity contribution in [2.24, 2.45) is 5.92 Å². The van der Waals surface area contributed by atoms with Crippen molar-refractivity contribution >= 4 is 30.7 Å². The van der Waals surface area contributed by atoms with E-state index in [2.05, 4.69) is 36.4 Å². The third-order valence-corrected chi connectivity index (χ3v) is 4.61. The number of hydrogen-bond acceptors (Lipinski definition) is 3. The third-order valence-electron chi connectivity index (χ3n) is 4.61. The van der Waals surface area contributed by atoms with Gasteiger partial charge < -0.3 is 15.1 Å². The number of benzene rings is 1. The van der Waals surface area contributed by atoms with Crippen LogP contribution in [0.25, 0.3) is 0 Å². The number of carbonyl (C=O) groups excluding carboxylic acids is 1. The zero-order chi connectivity index (χ0) is 14.8. The molecule has 0 atom stereocenters. The summed E-state index contributed by atoms with van der Waals surface area (Å²) in [5.41, 5.74) is 3.46. The van der Waals surface area contributed by atoms with Crippen molar-refractivity contribution in [3.8, 4) is 0 Å². The quantitative estimate of drug-likeness (QED) is 0.900. The maximum Gasteiger partial charge on any atom is 0.253 e. The van der Waals surface area contributed by atoms with E-state index in [1.165, 1.54) is 11.1 Å². The Bertz CT molecular complexity index is 529. The highest BCUT2D eigenvalue weighted by Gasteiger charge is 2.24. The van der Waals surface area contributed by atoms with Gasteiger partial charge in [0.1, 0.15) is 0 Å². The van der Waals surface area contributed by atoms with Crippen LogP contribution in [0.15, 0.2) is 18.2 Å². The first kappa shape index (κ1) is 20.2. The molecule has 0 unspecified atom stereocenters.